The van der Waals surface area contributed by atoms with Gasteiger partial charge in [0, 0.05) is 11.6 Å². The Morgan fingerprint density at radius 1 is 1.28 bits per heavy atom. The van der Waals surface area contributed by atoms with Crippen molar-refractivity contribution in [2.75, 3.05) is 26.2 Å². The predicted molar refractivity (Wildman–Crippen MR) is 73.3 cm³/mol. The summed E-state index contributed by atoms with van der Waals surface area (Å²) in [4.78, 5) is 0.950. The van der Waals surface area contributed by atoms with Gasteiger partial charge in [-0.15, -0.1) is 11.8 Å². The molecule has 0 aliphatic heterocycles. The quantitative estimate of drug-likeness (QED) is 0.830. The minimum absolute atomic E-state index is 0.452. The fraction of sp³-hybridized carbons (Fsp3) is 0.250. The highest BCUT2D eigenvalue weighted by Crippen LogP contribution is 2.42. The summed E-state index contributed by atoms with van der Waals surface area (Å²) in [5.41, 5.74) is 7.35. The number of benzene rings is 1. The Balaban J connectivity index is 2.61. The van der Waals surface area contributed by atoms with Gasteiger partial charge in [-0.3, -0.25) is 5.10 Å². The van der Waals surface area contributed by atoms with E-state index in [1.165, 1.54) is 0 Å². The Morgan fingerprint density at radius 3 is 2.56 bits per heavy atom. The third-order valence-electron chi connectivity index (χ3n) is 2.59. The van der Waals surface area contributed by atoms with Gasteiger partial charge in [0.15, 0.2) is 0 Å². The monoisotopic (exact) mass is 265 g/mol. The van der Waals surface area contributed by atoms with Gasteiger partial charge in [-0.2, -0.15) is 5.10 Å². The second-order valence-electron chi connectivity index (χ2n) is 3.59. The van der Waals surface area contributed by atoms with Crippen LogP contribution in [0.3, 0.4) is 0 Å². The van der Waals surface area contributed by atoms with E-state index in [-0.39, 0.29) is 0 Å². The smallest absolute Gasteiger partial charge is 0.145 e. The number of anilines is 1. The van der Waals surface area contributed by atoms with E-state index in [1.54, 1.807) is 32.0 Å². The molecule has 0 saturated carbocycles. The van der Waals surface area contributed by atoms with E-state index >= 15 is 0 Å². The highest BCUT2D eigenvalue weighted by molar-refractivity contribution is 7.98. The first-order valence-corrected chi connectivity index (χ1v) is 6.54. The van der Waals surface area contributed by atoms with Gasteiger partial charge in [-0.25, -0.2) is 0 Å². The van der Waals surface area contributed by atoms with Crippen LogP contribution in [0.25, 0.3) is 11.3 Å². The summed E-state index contributed by atoms with van der Waals surface area (Å²) in [5, 5.41) is 6.81. The molecule has 6 heteroatoms. The van der Waals surface area contributed by atoms with Crippen molar-refractivity contribution in [3.05, 3.63) is 18.2 Å². The van der Waals surface area contributed by atoms with E-state index in [0.29, 0.717) is 5.82 Å². The van der Waals surface area contributed by atoms with Crippen LogP contribution in [-0.2, 0) is 0 Å². The second kappa shape index (κ2) is 5.22. The number of hydrogen-bond donors (Lipinski definition) is 2. The van der Waals surface area contributed by atoms with Crippen LogP contribution < -0.4 is 15.2 Å². The van der Waals surface area contributed by atoms with Crippen molar-refractivity contribution in [2.24, 2.45) is 0 Å². The van der Waals surface area contributed by atoms with Crippen molar-refractivity contribution >= 4 is 17.6 Å². The second-order valence-corrected chi connectivity index (χ2v) is 4.40. The Morgan fingerprint density at radius 2 is 2.06 bits per heavy atom. The molecule has 5 nitrogen and oxygen atoms in total. The van der Waals surface area contributed by atoms with Crippen molar-refractivity contribution in [2.45, 2.75) is 4.90 Å². The minimum Gasteiger partial charge on any atom is -0.495 e. The molecule has 3 N–H and O–H groups in total. The third-order valence-corrected chi connectivity index (χ3v) is 3.39. The lowest BCUT2D eigenvalue weighted by atomic mass is 10.1. The summed E-state index contributed by atoms with van der Waals surface area (Å²) in [6.07, 6.45) is 1.98. The van der Waals surface area contributed by atoms with E-state index in [0.717, 1.165) is 27.7 Å². The first kappa shape index (κ1) is 12.6. The number of ether oxygens (including phenoxy) is 2. The maximum atomic E-state index is 5.62. The summed E-state index contributed by atoms with van der Waals surface area (Å²) in [6, 6.07) is 5.60. The Bertz CT molecular complexity index is 554. The zero-order valence-electron chi connectivity index (χ0n) is 10.5. The molecule has 0 saturated heterocycles. The highest BCUT2D eigenvalue weighted by Gasteiger charge is 2.16. The molecule has 0 atom stereocenters. The molecule has 0 unspecified atom stereocenters. The molecule has 0 aliphatic carbocycles. The maximum Gasteiger partial charge on any atom is 0.145 e. The van der Waals surface area contributed by atoms with Crippen LogP contribution in [0.4, 0.5) is 5.82 Å². The Hall–Kier alpha value is -1.82. The number of nitrogens with two attached hydrogens (primary N) is 1. The molecule has 0 amide bonds. The number of aromatic nitrogens is 2. The fourth-order valence-corrected chi connectivity index (χ4v) is 2.52. The molecule has 1 heterocycles. The molecule has 0 fully saturated rings. The minimum atomic E-state index is 0.452. The van der Waals surface area contributed by atoms with Crippen molar-refractivity contribution in [1.29, 1.82) is 0 Å². The number of H-pyrrole nitrogens is 1. The van der Waals surface area contributed by atoms with Crippen molar-refractivity contribution in [3.8, 4) is 22.8 Å². The molecule has 2 rings (SSSR count). The molecular weight excluding hydrogens is 250 g/mol. The first-order valence-electron chi connectivity index (χ1n) is 5.31. The number of methoxy groups -OCH3 is 2. The van der Waals surface area contributed by atoms with Gasteiger partial charge >= 0.3 is 0 Å². The molecule has 1 aromatic carbocycles. The molecule has 0 aliphatic rings. The number of rotatable bonds is 4. The van der Waals surface area contributed by atoms with Crippen LogP contribution in [0.15, 0.2) is 23.1 Å². The molecule has 96 valence electrons. The van der Waals surface area contributed by atoms with Gasteiger partial charge in [0.2, 0.25) is 0 Å². The number of aromatic amines is 1. The first-order chi connectivity index (χ1) is 8.71. The average Bonchev–Trinajstić information content (AvgIpc) is 2.83. The third kappa shape index (κ3) is 2.11. The normalized spacial score (nSPS) is 10.4. The van der Waals surface area contributed by atoms with Gasteiger partial charge in [0.1, 0.15) is 17.3 Å². The number of nitrogens with zero attached hydrogens (tertiary/aromatic N) is 1. The van der Waals surface area contributed by atoms with E-state index in [2.05, 4.69) is 10.2 Å². The standard InChI is InChI=1S/C12H15N3O2S/c1-16-9-5-4-7(8-6-10(13)15-14-8)11(17-2)12(9)18-3/h4-6H,1-3H3,(H3,13,14,15). The lowest BCUT2D eigenvalue weighted by Crippen LogP contribution is -1.94. The van der Waals surface area contributed by atoms with Gasteiger partial charge in [-0.05, 0) is 18.4 Å². The van der Waals surface area contributed by atoms with Crippen LogP contribution in [0.5, 0.6) is 11.5 Å². The lowest BCUT2D eigenvalue weighted by molar-refractivity contribution is 0.377. The maximum absolute atomic E-state index is 5.62. The number of hydrogen-bond acceptors (Lipinski definition) is 5. The zero-order valence-corrected chi connectivity index (χ0v) is 11.3. The molecular formula is C12H15N3O2S. The summed E-state index contributed by atoms with van der Waals surface area (Å²) < 4.78 is 10.8. The van der Waals surface area contributed by atoms with Gasteiger partial charge < -0.3 is 15.2 Å². The fourth-order valence-electron chi connectivity index (χ4n) is 1.79. The summed E-state index contributed by atoms with van der Waals surface area (Å²) in [6.45, 7) is 0. The van der Waals surface area contributed by atoms with Gasteiger partial charge in [0.05, 0.1) is 24.8 Å². The van der Waals surface area contributed by atoms with Gasteiger partial charge in [0.25, 0.3) is 0 Å². The Kier molecular flexibility index (Phi) is 3.66. The van der Waals surface area contributed by atoms with E-state index in [1.807, 2.05) is 18.4 Å². The number of nitrogens with one attached hydrogen (secondary N) is 1. The lowest BCUT2D eigenvalue weighted by Gasteiger charge is -2.14. The van der Waals surface area contributed by atoms with E-state index in [9.17, 15) is 0 Å². The Labute approximate surface area is 110 Å². The molecule has 0 spiro atoms. The topological polar surface area (TPSA) is 73.2 Å². The SMILES string of the molecule is COc1ccc(-c2cc(N)n[nH]2)c(OC)c1SC. The predicted octanol–water partition coefficient (Wildman–Crippen LogP) is 2.40. The van der Waals surface area contributed by atoms with E-state index in [4.69, 9.17) is 15.2 Å². The average molecular weight is 265 g/mol. The largest absolute Gasteiger partial charge is 0.495 e. The molecule has 1 aromatic heterocycles. The van der Waals surface area contributed by atoms with Crippen molar-refractivity contribution in [1.82, 2.24) is 10.2 Å². The summed E-state index contributed by atoms with van der Waals surface area (Å²) in [5.74, 6) is 2.00. The summed E-state index contributed by atoms with van der Waals surface area (Å²) >= 11 is 1.57. The summed E-state index contributed by atoms with van der Waals surface area (Å²) in [7, 11) is 3.28. The van der Waals surface area contributed by atoms with Gasteiger partial charge in [-0.1, -0.05) is 0 Å². The van der Waals surface area contributed by atoms with Crippen LogP contribution in [0, 0.1) is 0 Å². The molecule has 2 aromatic rings. The number of thioether (sulfide) groups is 1. The van der Waals surface area contributed by atoms with Crippen LogP contribution in [0.2, 0.25) is 0 Å². The van der Waals surface area contributed by atoms with Crippen LogP contribution in [-0.4, -0.2) is 30.7 Å². The van der Waals surface area contributed by atoms with Crippen LogP contribution >= 0.6 is 11.8 Å². The highest BCUT2D eigenvalue weighted by atomic mass is 32.2. The van der Waals surface area contributed by atoms with Crippen LogP contribution in [0.1, 0.15) is 0 Å². The zero-order chi connectivity index (χ0) is 13.1. The van der Waals surface area contributed by atoms with Crippen molar-refractivity contribution in [3.63, 3.8) is 0 Å². The molecule has 0 radical (unpaired) electrons. The van der Waals surface area contributed by atoms with Crippen molar-refractivity contribution < 1.29 is 9.47 Å². The molecule has 0 bridgehead atoms. The van der Waals surface area contributed by atoms with E-state index < -0.39 is 0 Å². The molecule has 18 heavy (non-hydrogen) atoms. The number of nitrogen functional groups attached to an aromatic ring is 1.